The maximum Gasteiger partial charge on any atom is 0.262 e. The van der Waals surface area contributed by atoms with Gasteiger partial charge in [0, 0.05) is 35.5 Å². The van der Waals surface area contributed by atoms with E-state index in [4.69, 9.17) is 14.2 Å². The molecular weight excluding hydrogens is 506 g/mol. The van der Waals surface area contributed by atoms with E-state index in [-0.39, 0.29) is 11.6 Å². The molecule has 0 saturated carbocycles. The third kappa shape index (κ3) is 6.60. The van der Waals surface area contributed by atoms with Gasteiger partial charge in [-0.3, -0.25) is 4.79 Å². The largest absolute Gasteiger partial charge is 0.493 e. The van der Waals surface area contributed by atoms with Crippen LogP contribution >= 0.6 is 0 Å². The number of aromatic amines is 1. The van der Waals surface area contributed by atoms with Crippen LogP contribution in [0.15, 0.2) is 66.5 Å². The lowest BCUT2D eigenvalue weighted by Crippen LogP contribution is -2.27. The van der Waals surface area contributed by atoms with Gasteiger partial charge in [-0.15, -0.1) is 0 Å². The first-order valence-electron chi connectivity index (χ1n) is 12.8. The Labute approximate surface area is 234 Å². The summed E-state index contributed by atoms with van der Waals surface area (Å²) in [5, 5.41) is 13.5. The molecule has 0 aliphatic heterocycles. The molecule has 0 radical (unpaired) electrons. The Morgan fingerprint density at radius 3 is 2.52 bits per heavy atom. The van der Waals surface area contributed by atoms with E-state index in [9.17, 15) is 10.1 Å². The Kier molecular flexibility index (Phi) is 9.04. The minimum atomic E-state index is -0.479. The molecule has 0 bridgehead atoms. The zero-order valence-electron chi connectivity index (χ0n) is 23.3. The Morgan fingerprint density at radius 1 is 1.10 bits per heavy atom. The van der Waals surface area contributed by atoms with Gasteiger partial charge in [0.1, 0.15) is 29.6 Å². The summed E-state index contributed by atoms with van der Waals surface area (Å²) in [5.74, 6) is 1.48. The fourth-order valence-electron chi connectivity index (χ4n) is 4.17. The highest BCUT2D eigenvalue weighted by atomic mass is 16.5. The molecule has 4 aromatic rings. The van der Waals surface area contributed by atoms with Gasteiger partial charge in [-0.05, 0) is 68.6 Å². The number of H-pyrrole nitrogens is 1. The summed E-state index contributed by atoms with van der Waals surface area (Å²) in [5.41, 5.74) is 4.05. The van der Waals surface area contributed by atoms with Crippen molar-refractivity contribution in [1.29, 1.82) is 5.26 Å². The predicted molar refractivity (Wildman–Crippen MR) is 155 cm³/mol. The van der Waals surface area contributed by atoms with Crippen molar-refractivity contribution in [3.05, 3.63) is 77.6 Å². The van der Waals surface area contributed by atoms with Crippen LogP contribution in [-0.4, -0.2) is 62.2 Å². The third-order valence-electron chi connectivity index (χ3n) is 6.48. The number of fused-ring (bicyclic) bond motifs is 1. The molecule has 40 heavy (non-hydrogen) atoms. The number of aromatic nitrogens is 2. The van der Waals surface area contributed by atoms with E-state index in [2.05, 4.69) is 20.2 Å². The van der Waals surface area contributed by atoms with Gasteiger partial charge in [0.2, 0.25) is 0 Å². The van der Waals surface area contributed by atoms with Gasteiger partial charge in [-0.1, -0.05) is 18.2 Å². The molecule has 2 N–H and O–H groups in total. The molecule has 2 aromatic heterocycles. The van der Waals surface area contributed by atoms with Crippen molar-refractivity contribution in [2.75, 3.05) is 41.5 Å². The minimum absolute atomic E-state index is 0.0159. The van der Waals surface area contributed by atoms with E-state index in [0.717, 1.165) is 34.4 Å². The molecule has 0 fully saturated rings. The van der Waals surface area contributed by atoms with E-state index < -0.39 is 5.91 Å². The van der Waals surface area contributed by atoms with Gasteiger partial charge in [0.05, 0.1) is 20.3 Å². The molecule has 206 valence electrons. The van der Waals surface area contributed by atoms with Crippen LogP contribution in [0.3, 0.4) is 0 Å². The van der Waals surface area contributed by atoms with Crippen LogP contribution in [0.4, 0.5) is 0 Å². The summed E-state index contributed by atoms with van der Waals surface area (Å²) >= 11 is 0. The first-order valence-corrected chi connectivity index (χ1v) is 12.8. The number of carbonyl (C=O) groups is 1. The first-order chi connectivity index (χ1) is 19.3. The van der Waals surface area contributed by atoms with Crippen molar-refractivity contribution in [2.24, 2.45) is 0 Å². The number of nitrogens with zero attached hydrogens (tertiary/aromatic N) is 3. The average molecular weight is 540 g/mol. The van der Waals surface area contributed by atoms with Crippen molar-refractivity contribution in [2.45, 2.75) is 13.0 Å². The average Bonchev–Trinajstić information content (AvgIpc) is 3.37. The third-order valence-corrected chi connectivity index (χ3v) is 6.48. The number of carbonyl (C=O) groups excluding carboxylic acids is 1. The van der Waals surface area contributed by atoms with Crippen LogP contribution in [0.1, 0.15) is 24.1 Å². The number of hydrogen-bond donors (Lipinski definition) is 2. The predicted octanol–water partition coefficient (Wildman–Crippen LogP) is 4.97. The van der Waals surface area contributed by atoms with Crippen molar-refractivity contribution < 1.29 is 19.0 Å². The van der Waals surface area contributed by atoms with Crippen LogP contribution in [-0.2, 0) is 4.79 Å². The number of likely N-dealkylation sites (N-methyl/N-ethyl adjacent to an activating group) is 1. The Morgan fingerprint density at radius 2 is 1.85 bits per heavy atom. The Hall–Kier alpha value is -4.81. The van der Waals surface area contributed by atoms with Crippen LogP contribution in [0.5, 0.6) is 17.2 Å². The highest BCUT2D eigenvalue weighted by molar-refractivity contribution is 6.04. The number of nitriles is 1. The van der Waals surface area contributed by atoms with Gasteiger partial charge in [-0.2, -0.15) is 5.26 Å². The maximum atomic E-state index is 13.0. The standard InChI is InChI=1S/C31H33N5O4/c1-20(22-8-11-28(38-4)29(16-22)39-5)35-31(37)23(17-32)14-25-19-34-30-27(25)15-24(18-33-30)21-6-9-26(10-7-21)40-13-12-36(2)3/h6-11,14-16,18-20H,12-13H2,1-5H3,(H,33,34)(H,35,37)/b23-14+/t20-/m1/s1. The van der Waals surface area contributed by atoms with E-state index in [0.29, 0.717) is 29.3 Å². The van der Waals surface area contributed by atoms with E-state index in [1.165, 1.54) is 0 Å². The molecule has 0 aliphatic rings. The van der Waals surface area contributed by atoms with Crippen molar-refractivity contribution >= 4 is 23.0 Å². The Balaban J connectivity index is 1.53. The minimum Gasteiger partial charge on any atom is -0.493 e. The van der Waals surface area contributed by atoms with Crippen LogP contribution in [0.25, 0.3) is 28.2 Å². The smallest absolute Gasteiger partial charge is 0.262 e. The van der Waals surface area contributed by atoms with Crippen LogP contribution < -0.4 is 19.5 Å². The van der Waals surface area contributed by atoms with Crippen LogP contribution in [0, 0.1) is 11.3 Å². The molecule has 0 unspecified atom stereocenters. The molecule has 0 spiro atoms. The van der Waals surface area contributed by atoms with Crippen molar-refractivity contribution in [3.8, 4) is 34.4 Å². The van der Waals surface area contributed by atoms with E-state index in [1.807, 2.05) is 63.5 Å². The lowest BCUT2D eigenvalue weighted by atomic mass is 10.0. The van der Waals surface area contributed by atoms with Gasteiger partial charge in [-0.25, -0.2) is 4.98 Å². The Bertz CT molecular complexity index is 1550. The first kappa shape index (κ1) is 28.2. The highest BCUT2D eigenvalue weighted by Crippen LogP contribution is 2.30. The molecule has 0 saturated heterocycles. The van der Waals surface area contributed by atoms with Gasteiger partial charge in [0.15, 0.2) is 11.5 Å². The summed E-state index contributed by atoms with van der Waals surface area (Å²) in [7, 11) is 7.13. The fourth-order valence-corrected chi connectivity index (χ4v) is 4.17. The maximum absolute atomic E-state index is 13.0. The fraction of sp³-hybridized carbons (Fsp3) is 0.258. The SMILES string of the molecule is COc1ccc([C@@H](C)NC(=O)/C(C#N)=C/c2c[nH]c3ncc(-c4ccc(OCCN(C)C)cc4)cc23)cc1OC. The number of methoxy groups -OCH3 is 2. The topological polar surface area (TPSA) is 112 Å². The molecule has 2 aromatic carbocycles. The summed E-state index contributed by atoms with van der Waals surface area (Å²) in [4.78, 5) is 22.8. The monoisotopic (exact) mass is 539 g/mol. The lowest BCUT2D eigenvalue weighted by molar-refractivity contribution is -0.117. The van der Waals surface area contributed by atoms with Gasteiger partial charge in [0.25, 0.3) is 5.91 Å². The molecule has 0 aliphatic carbocycles. The number of ether oxygens (including phenoxy) is 3. The number of benzene rings is 2. The van der Waals surface area contributed by atoms with Crippen LogP contribution in [0.2, 0.25) is 0 Å². The molecule has 4 rings (SSSR count). The highest BCUT2D eigenvalue weighted by Gasteiger charge is 2.17. The number of nitrogens with one attached hydrogen (secondary N) is 2. The zero-order valence-corrected chi connectivity index (χ0v) is 23.3. The second kappa shape index (κ2) is 12.8. The zero-order chi connectivity index (χ0) is 28.6. The second-order valence-electron chi connectivity index (χ2n) is 9.52. The van der Waals surface area contributed by atoms with E-state index in [1.54, 1.807) is 44.8 Å². The summed E-state index contributed by atoms with van der Waals surface area (Å²) in [6.07, 6.45) is 5.10. The molecule has 1 amide bonds. The molecule has 2 heterocycles. The lowest BCUT2D eigenvalue weighted by Gasteiger charge is -2.16. The molecular formula is C31H33N5O4. The molecule has 1 atom stereocenters. The summed E-state index contributed by atoms with van der Waals surface area (Å²) in [6.45, 7) is 3.29. The number of pyridine rings is 1. The number of rotatable bonds is 11. The van der Waals surface area contributed by atoms with Crippen molar-refractivity contribution in [3.63, 3.8) is 0 Å². The van der Waals surface area contributed by atoms with E-state index >= 15 is 0 Å². The summed E-state index contributed by atoms with van der Waals surface area (Å²) < 4.78 is 16.4. The quantitative estimate of drug-likeness (QED) is 0.204. The van der Waals surface area contributed by atoms with Crippen molar-refractivity contribution in [1.82, 2.24) is 20.2 Å². The second-order valence-corrected chi connectivity index (χ2v) is 9.52. The van der Waals surface area contributed by atoms with Gasteiger partial charge >= 0.3 is 0 Å². The molecule has 9 nitrogen and oxygen atoms in total. The van der Waals surface area contributed by atoms with Gasteiger partial charge < -0.3 is 29.4 Å². The summed E-state index contributed by atoms with van der Waals surface area (Å²) in [6, 6.07) is 16.9. The number of hydrogen-bond acceptors (Lipinski definition) is 7. The molecule has 9 heteroatoms. The normalized spacial score (nSPS) is 12.2. The number of amides is 1.